The van der Waals surface area contributed by atoms with Gasteiger partial charge in [0.1, 0.15) is 43.0 Å². The molecule has 2 saturated heterocycles. The van der Waals surface area contributed by atoms with Gasteiger partial charge in [0.2, 0.25) is 0 Å². The lowest BCUT2D eigenvalue weighted by Gasteiger charge is -2.20. The zero-order chi connectivity index (χ0) is 27.4. The smallest absolute Gasteiger partial charge is 0.387 e. The average Bonchev–Trinajstić information content (AvgIpc) is 3.60. The second-order valence-corrected chi connectivity index (χ2v) is 11.5. The van der Waals surface area contributed by atoms with Gasteiger partial charge in [-0.1, -0.05) is 0 Å². The molecule has 10 atom stereocenters. The predicted molar refractivity (Wildman–Crippen MR) is 118 cm³/mol. The molecule has 21 heteroatoms. The zero-order valence-electron chi connectivity index (χ0n) is 19.0. The van der Waals surface area contributed by atoms with E-state index in [0.29, 0.717) is 11.2 Å². The van der Waals surface area contributed by atoms with Crippen molar-refractivity contribution in [1.82, 2.24) is 23.9 Å². The number of phosphoric acid groups is 2. The molecule has 5 heterocycles. The number of hydrogen-bond donors (Lipinski definition) is 7. The standard InChI is InChI=1S/C17H23N5O14P2/c23-10-7(3-32-37(28,29)36-38(30,31)33-4-8-11(24)13(26)17(27)35-8)34-16(12(10)25)22-6-19-9-14-18-1-2-21(14)5-20-15(9)22/h1-2,5-8,10-13,16-17,23-27H,3-4H2,(H,28,29)(H,30,31)/t7-,8-,10-,11-,12-,13-,16-,17?/m1/s1. The van der Waals surface area contributed by atoms with Crippen LogP contribution in [-0.4, -0.2) is 115 Å². The maximum absolute atomic E-state index is 12.2. The molecule has 19 nitrogen and oxygen atoms in total. The first-order chi connectivity index (χ1) is 17.9. The second-order valence-electron chi connectivity index (χ2n) is 8.43. The van der Waals surface area contributed by atoms with Crippen LogP contribution in [0.3, 0.4) is 0 Å². The van der Waals surface area contributed by atoms with Crippen LogP contribution in [0.1, 0.15) is 6.23 Å². The van der Waals surface area contributed by atoms with Crippen molar-refractivity contribution in [2.75, 3.05) is 13.2 Å². The van der Waals surface area contributed by atoms with Crippen LogP contribution in [0.4, 0.5) is 0 Å². The maximum atomic E-state index is 12.2. The van der Waals surface area contributed by atoms with Gasteiger partial charge in [0.25, 0.3) is 0 Å². The molecule has 3 aromatic rings. The van der Waals surface area contributed by atoms with Gasteiger partial charge < -0.3 is 44.8 Å². The third-order valence-corrected chi connectivity index (χ3v) is 8.51. The van der Waals surface area contributed by atoms with E-state index in [1.807, 2.05) is 0 Å². The Bertz CT molecular complexity index is 1400. The Labute approximate surface area is 211 Å². The fourth-order valence-electron chi connectivity index (χ4n) is 4.01. The quantitative estimate of drug-likeness (QED) is 0.127. The summed E-state index contributed by atoms with van der Waals surface area (Å²) >= 11 is 0. The molecule has 7 N–H and O–H groups in total. The van der Waals surface area contributed by atoms with Crippen LogP contribution < -0.4 is 0 Å². The van der Waals surface area contributed by atoms with Crippen molar-refractivity contribution in [2.45, 2.75) is 49.1 Å². The van der Waals surface area contributed by atoms with E-state index in [2.05, 4.69) is 28.3 Å². The molecular formula is C17H23N5O14P2. The van der Waals surface area contributed by atoms with Crippen LogP contribution in [0.2, 0.25) is 0 Å². The minimum atomic E-state index is -5.31. The van der Waals surface area contributed by atoms with Crippen molar-refractivity contribution < 1.29 is 67.3 Å². The predicted octanol–water partition coefficient (Wildman–Crippen LogP) is -2.61. The molecule has 2 aliphatic heterocycles. The highest BCUT2D eigenvalue weighted by Crippen LogP contribution is 2.60. The topological polar surface area (TPSA) is 270 Å². The van der Waals surface area contributed by atoms with E-state index in [0.717, 1.165) is 0 Å². The number of aliphatic hydroxyl groups is 5. The van der Waals surface area contributed by atoms with Crippen molar-refractivity contribution in [3.8, 4) is 0 Å². The van der Waals surface area contributed by atoms with Crippen molar-refractivity contribution in [2.24, 2.45) is 0 Å². The molecule has 0 aliphatic carbocycles. The number of rotatable bonds is 9. The summed E-state index contributed by atoms with van der Waals surface area (Å²) in [6, 6.07) is 0. The van der Waals surface area contributed by atoms with Crippen LogP contribution in [-0.2, 0) is 32.0 Å². The van der Waals surface area contributed by atoms with Gasteiger partial charge >= 0.3 is 15.6 Å². The van der Waals surface area contributed by atoms with E-state index in [9.17, 15) is 44.4 Å². The molecule has 3 unspecified atom stereocenters. The molecule has 210 valence electrons. The Balaban J connectivity index is 1.19. The second kappa shape index (κ2) is 10.2. The number of nitrogens with zero attached hydrogens (tertiary/aromatic N) is 5. The summed E-state index contributed by atoms with van der Waals surface area (Å²) in [5.74, 6) is 0. The average molecular weight is 583 g/mol. The number of aromatic nitrogens is 5. The molecule has 2 aliphatic rings. The summed E-state index contributed by atoms with van der Waals surface area (Å²) in [6.45, 7) is -1.77. The Morgan fingerprint density at radius 1 is 0.816 bits per heavy atom. The van der Waals surface area contributed by atoms with Crippen molar-refractivity contribution in [3.63, 3.8) is 0 Å². The Hall–Kier alpha value is -1.93. The summed E-state index contributed by atoms with van der Waals surface area (Å²) in [6.07, 6.45) is -6.42. The van der Waals surface area contributed by atoms with E-state index in [-0.39, 0.29) is 5.65 Å². The first kappa shape index (κ1) is 27.6. The van der Waals surface area contributed by atoms with E-state index < -0.39 is 78.0 Å². The number of hydrogen-bond acceptors (Lipinski definition) is 15. The molecular weight excluding hydrogens is 560 g/mol. The van der Waals surface area contributed by atoms with E-state index in [4.69, 9.17) is 9.47 Å². The third kappa shape index (κ3) is 5.27. The van der Waals surface area contributed by atoms with Crippen molar-refractivity contribution >= 4 is 32.5 Å². The summed E-state index contributed by atoms with van der Waals surface area (Å²) in [5.41, 5.74) is 1.14. The lowest BCUT2D eigenvalue weighted by Crippen LogP contribution is -2.34. The number of aliphatic hydroxyl groups excluding tert-OH is 5. The SMILES string of the molecule is O=P(O)(OC[C@H]1OC(O)[C@H](O)[C@@H]1O)OP(=O)(O)OC[C@H]1O[C@@H](n2cnc3c2ncn2ccnc32)[C@H](O)[C@@H]1O. The number of ether oxygens (including phenoxy) is 2. The molecule has 0 aromatic carbocycles. The molecule has 0 radical (unpaired) electrons. The van der Waals surface area contributed by atoms with Crippen LogP contribution in [0.15, 0.2) is 25.0 Å². The van der Waals surface area contributed by atoms with Gasteiger partial charge in [0.15, 0.2) is 29.3 Å². The lowest BCUT2D eigenvalue weighted by atomic mass is 10.1. The van der Waals surface area contributed by atoms with Crippen molar-refractivity contribution in [3.05, 3.63) is 25.0 Å². The molecule has 3 aromatic heterocycles. The summed E-state index contributed by atoms with van der Waals surface area (Å²) in [5, 5.41) is 49.3. The van der Waals surface area contributed by atoms with Crippen LogP contribution in [0.5, 0.6) is 0 Å². The zero-order valence-corrected chi connectivity index (χ0v) is 20.7. The van der Waals surface area contributed by atoms with Crippen molar-refractivity contribution in [1.29, 1.82) is 0 Å². The highest BCUT2D eigenvalue weighted by atomic mass is 31.3. The minimum absolute atomic E-state index is 0.271. The fraction of sp³-hybridized carbons (Fsp3) is 0.588. The van der Waals surface area contributed by atoms with Gasteiger partial charge in [0, 0.05) is 12.4 Å². The number of fused-ring (bicyclic) bond motifs is 3. The summed E-state index contributed by atoms with van der Waals surface area (Å²) in [4.78, 5) is 32.2. The highest BCUT2D eigenvalue weighted by Gasteiger charge is 2.47. The molecule has 2 fully saturated rings. The summed E-state index contributed by atoms with van der Waals surface area (Å²) < 4.78 is 50.9. The minimum Gasteiger partial charge on any atom is -0.387 e. The number of phosphoric ester groups is 2. The first-order valence-electron chi connectivity index (χ1n) is 10.9. The maximum Gasteiger partial charge on any atom is 0.481 e. The van der Waals surface area contributed by atoms with Gasteiger partial charge in [-0.15, -0.1) is 0 Å². The van der Waals surface area contributed by atoms with Crippen LogP contribution in [0.25, 0.3) is 16.8 Å². The molecule has 0 spiro atoms. The molecule has 38 heavy (non-hydrogen) atoms. The van der Waals surface area contributed by atoms with Gasteiger partial charge in [-0.25, -0.2) is 24.1 Å². The molecule has 0 amide bonds. The molecule has 0 saturated carbocycles. The summed E-state index contributed by atoms with van der Waals surface area (Å²) in [7, 11) is -10.6. The van der Waals surface area contributed by atoms with Gasteiger partial charge in [-0.2, -0.15) is 4.31 Å². The first-order valence-corrected chi connectivity index (χ1v) is 13.9. The Kier molecular flexibility index (Phi) is 7.44. The third-order valence-electron chi connectivity index (χ3n) is 5.91. The Morgan fingerprint density at radius 3 is 2.08 bits per heavy atom. The lowest BCUT2D eigenvalue weighted by molar-refractivity contribution is -0.132. The normalized spacial score (nSPS) is 35.1. The van der Waals surface area contributed by atoms with Gasteiger partial charge in [-0.05, 0) is 0 Å². The largest absolute Gasteiger partial charge is 0.481 e. The van der Waals surface area contributed by atoms with E-state index >= 15 is 0 Å². The van der Waals surface area contributed by atoms with E-state index in [1.54, 1.807) is 16.8 Å². The molecule has 0 bridgehead atoms. The molecule has 5 rings (SSSR count). The monoisotopic (exact) mass is 583 g/mol. The highest BCUT2D eigenvalue weighted by molar-refractivity contribution is 7.61. The fourth-order valence-corrected chi connectivity index (χ4v) is 6.10. The van der Waals surface area contributed by atoms with Crippen LogP contribution in [0, 0.1) is 0 Å². The van der Waals surface area contributed by atoms with Crippen LogP contribution >= 0.6 is 15.6 Å². The Morgan fingerprint density at radius 2 is 1.45 bits per heavy atom. The van der Waals surface area contributed by atoms with Gasteiger partial charge in [-0.3, -0.25) is 18.0 Å². The van der Waals surface area contributed by atoms with E-state index in [1.165, 1.54) is 17.2 Å². The van der Waals surface area contributed by atoms with Gasteiger partial charge in [0.05, 0.1) is 19.5 Å². The number of imidazole rings is 2.